The van der Waals surface area contributed by atoms with Crippen molar-refractivity contribution >= 4 is 28.4 Å². The molecule has 3 aromatic rings. The largest absolute Gasteiger partial charge is 0.496 e. The minimum absolute atomic E-state index is 0.00578. The number of nitro benzene ring substituents is 1. The van der Waals surface area contributed by atoms with Gasteiger partial charge in [0, 0.05) is 30.0 Å². The summed E-state index contributed by atoms with van der Waals surface area (Å²) in [6.45, 7) is 2.65. The number of methoxy groups -OCH3 is 1. The molecule has 0 N–H and O–H groups in total. The van der Waals surface area contributed by atoms with Crippen molar-refractivity contribution in [1.29, 1.82) is 0 Å². The number of unbranched alkanes of at least 4 members (excludes halogenated alkanes) is 1. The Balaban J connectivity index is 1.99. The fraction of sp³-hybridized carbons (Fsp3) is 0.300. The quantitative estimate of drug-likeness (QED) is 0.241. The number of benzene rings is 2. The van der Waals surface area contributed by atoms with Crippen molar-refractivity contribution in [3.8, 4) is 5.75 Å². The van der Waals surface area contributed by atoms with E-state index in [9.17, 15) is 14.9 Å². The predicted octanol–water partition coefficient (Wildman–Crippen LogP) is 4.41. The summed E-state index contributed by atoms with van der Waals surface area (Å²) in [5.41, 5.74) is 1.28. The zero-order valence-electron chi connectivity index (χ0n) is 15.8. The fourth-order valence-corrected chi connectivity index (χ4v) is 3.91. The summed E-state index contributed by atoms with van der Waals surface area (Å²) in [6, 6.07) is 11.8. The summed E-state index contributed by atoms with van der Waals surface area (Å²) in [5, 5.41) is 12.3. The molecule has 0 unspecified atom stereocenters. The number of fused-ring (bicyclic) bond motifs is 1. The Morgan fingerprint density at radius 3 is 2.75 bits per heavy atom. The Morgan fingerprint density at radius 1 is 1.25 bits per heavy atom. The van der Waals surface area contributed by atoms with Gasteiger partial charge in [-0.3, -0.25) is 19.5 Å². The van der Waals surface area contributed by atoms with Crippen LogP contribution in [0.5, 0.6) is 5.75 Å². The van der Waals surface area contributed by atoms with Gasteiger partial charge in [-0.05, 0) is 24.6 Å². The van der Waals surface area contributed by atoms with Gasteiger partial charge in [-0.2, -0.15) is 0 Å². The lowest BCUT2D eigenvalue weighted by atomic mass is 10.2. The number of rotatable bonds is 8. The van der Waals surface area contributed by atoms with Crippen molar-refractivity contribution in [2.24, 2.45) is 0 Å². The first-order valence-electron chi connectivity index (χ1n) is 8.98. The zero-order valence-corrected chi connectivity index (χ0v) is 16.6. The number of para-hydroxylation sites is 1. The van der Waals surface area contributed by atoms with Crippen LogP contribution < -0.4 is 10.3 Å². The standard InChI is InChI=1S/C20H21N3O4S/c1-3-4-11-22-19(24)16-7-5-6-8-17(16)21-20(22)28-13-14-12-15(23(25)26)9-10-18(14)27-2/h5-10,12H,3-4,11,13H2,1-2H3. The minimum Gasteiger partial charge on any atom is -0.496 e. The molecule has 7 nitrogen and oxygen atoms in total. The molecule has 0 spiro atoms. The van der Waals surface area contributed by atoms with Gasteiger partial charge in [0.15, 0.2) is 5.16 Å². The van der Waals surface area contributed by atoms with Crippen molar-refractivity contribution in [2.75, 3.05) is 7.11 Å². The van der Waals surface area contributed by atoms with E-state index >= 15 is 0 Å². The third-order valence-electron chi connectivity index (χ3n) is 4.39. The molecule has 0 aliphatic heterocycles. The normalized spacial score (nSPS) is 10.9. The van der Waals surface area contributed by atoms with Crippen LogP contribution in [0.25, 0.3) is 10.9 Å². The molecule has 0 bridgehead atoms. The number of nitrogens with zero attached hydrogens (tertiary/aromatic N) is 3. The second-order valence-corrected chi connectivity index (χ2v) is 7.21. The molecule has 0 amide bonds. The summed E-state index contributed by atoms with van der Waals surface area (Å²) in [7, 11) is 1.53. The Kier molecular flexibility index (Phi) is 6.30. The van der Waals surface area contributed by atoms with Crippen LogP contribution in [0.3, 0.4) is 0 Å². The molecule has 0 aliphatic carbocycles. The maximum absolute atomic E-state index is 12.9. The van der Waals surface area contributed by atoms with E-state index in [4.69, 9.17) is 4.74 Å². The highest BCUT2D eigenvalue weighted by atomic mass is 32.2. The van der Waals surface area contributed by atoms with Gasteiger partial charge < -0.3 is 4.74 Å². The van der Waals surface area contributed by atoms with Gasteiger partial charge in [0.25, 0.3) is 11.2 Å². The molecule has 8 heteroatoms. The first kappa shape index (κ1) is 19.9. The van der Waals surface area contributed by atoms with E-state index in [0.29, 0.717) is 39.7 Å². The topological polar surface area (TPSA) is 87.3 Å². The second-order valence-electron chi connectivity index (χ2n) is 6.26. The van der Waals surface area contributed by atoms with Crippen LogP contribution in [0.1, 0.15) is 25.3 Å². The number of thioether (sulfide) groups is 1. The van der Waals surface area contributed by atoms with Crippen LogP contribution in [0.4, 0.5) is 5.69 Å². The maximum atomic E-state index is 12.9. The minimum atomic E-state index is -0.431. The summed E-state index contributed by atoms with van der Waals surface area (Å²) >= 11 is 1.38. The number of ether oxygens (including phenoxy) is 1. The van der Waals surface area contributed by atoms with Gasteiger partial charge in [-0.15, -0.1) is 0 Å². The number of hydrogen-bond acceptors (Lipinski definition) is 6. The molecule has 28 heavy (non-hydrogen) atoms. The Bertz CT molecular complexity index is 1060. The van der Waals surface area contributed by atoms with Crippen molar-refractivity contribution in [3.05, 3.63) is 68.5 Å². The maximum Gasteiger partial charge on any atom is 0.270 e. The van der Waals surface area contributed by atoms with Gasteiger partial charge in [0.05, 0.1) is 22.9 Å². The molecule has 0 atom stereocenters. The SMILES string of the molecule is CCCCn1c(SCc2cc([N+](=O)[O-])ccc2OC)nc2ccccc2c1=O. The molecule has 1 heterocycles. The van der Waals surface area contributed by atoms with Crippen LogP contribution in [0, 0.1) is 10.1 Å². The smallest absolute Gasteiger partial charge is 0.270 e. The number of nitro groups is 1. The Hall–Kier alpha value is -2.87. The number of hydrogen-bond donors (Lipinski definition) is 0. The molecule has 0 radical (unpaired) electrons. The van der Waals surface area contributed by atoms with Gasteiger partial charge in [0.1, 0.15) is 5.75 Å². The van der Waals surface area contributed by atoms with E-state index in [1.807, 2.05) is 18.2 Å². The zero-order chi connectivity index (χ0) is 20.1. The molecule has 3 rings (SSSR count). The van der Waals surface area contributed by atoms with Crippen LogP contribution in [-0.4, -0.2) is 21.6 Å². The Labute approximate surface area is 166 Å². The molecule has 2 aromatic carbocycles. The summed E-state index contributed by atoms with van der Waals surface area (Å²) in [5.74, 6) is 0.975. The lowest BCUT2D eigenvalue weighted by Gasteiger charge is -2.13. The first-order valence-corrected chi connectivity index (χ1v) is 9.97. The van der Waals surface area contributed by atoms with E-state index in [1.165, 1.54) is 31.0 Å². The highest BCUT2D eigenvalue weighted by molar-refractivity contribution is 7.98. The van der Waals surface area contributed by atoms with Crippen molar-refractivity contribution in [3.63, 3.8) is 0 Å². The average Bonchev–Trinajstić information content (AvgIpc) is 2.71. The van der Waals surface area contributed by atoms with Gasteiger partial charge in [0.2, 0.25) is 0 Å². The molecular formula is C20H21N3O4S. The van der Waals surface area contributed by atoms with E-state index in [-0.39, 0.29) is 11.2 Å². The van der Waals surface area contributed by atoms with Crippen LogP contribution in [-0.2, 0) is 12.3 Å². The molecule has 0 aliphatic rings. The molecule has 146 valence electrons. The summed E-state index contributed by atoms with van der Waals surface area (Å²) in [6.07, 6.45) is 1.83. The van der Waals surface area contributed by atoms with Crippen LogP contribution in [0.2, 0.25) is 0 Å². The number of aromatic nitrogens is 2. The van der Waals surface area contributed by atoms with E-state index in [1.54, 1.807) is 16.7 Å². The van der Waals surface area contributed by atoms with Crippen LogP contribution in [0.15, 0.2) is 52.4 Å². The third-order valence-corrected chi connectivity index (χ3v) is 5.42. The molecule has 0 saturated carbocycles. The predicted molar refractivity (Wildman–Crippen MR) is 110 cm³/mol. The van der Waals surface area contributed by atoms with Crippen molar-refractivity contribution < 1.29 is 9.66 Å². The van der Waals surface area contributed by atoms with E-state index < -0.39 is 4.92 Å². The third kappa shape index (κ3) is 4.17. The highest BCUT2D eigenvalue weighted by Gasteiger charge is 2.15. The van der Waals surface area contributed by atoms with Gasteiger partial charge in [-0.1, -0.05) is 37.2 Å². The van der Waals surface area contributed by atoms with E-state index in [2.05, 4.69) is 11.9 Å². The Morgan fingerprint density at radius 2 is 2.04 bits per heavy atom. The monoisotopic (exact) mass is 399 g/mol. The lowest BCUT2D eigenvalue weighted by molar-refractivity contribution is -0.384. The molecule has 1 aromatic heterocycles. The number of non-ortho nitro benzene ring substituents is 1. The highest BCUT2D eigenvalue weighted by Crippen LogP contribution is 2.30. The summed E-state index contributed by atoms with van der Waals surface area (Å²) < 4.78 is 7.03. The van der Waals surface area contributed by atoms with Crippen molar-refractivity contribution in [2.45, 2.75) is 37.2 Å². The second kappa shape index (κ2) is 8.88. The molecule has 0 fully saturated rings. The lowest BCUT2D eigenvalue weighted by Crippen LogP contribution is -2.23. The van der Waals surface area contributed by atoms with Crippen LogP contribution >= 0.6 is 11.8 Å². The van der Waals surface area contributed by atoms with Crippen molar-refractivity contribution in [1.82, 2.24) is 9.55 Å². The first-order chi connectivity index (χ1) is 13.5. The van der Waals surface area contributed by atoms with E-state index in [0.717, 1.165) is 12.8 Å². The molecule has 0 saturated heterocycles. The molecular weight excluding hydrogens is 378 g/mol. The summed E-state index contributed by atoms with van der Waals surface area (Å²) in [4.78, 5) is 28.3. The fourth-order valence-electron chi connectivity index (χ4n) is 2.90. The van der Waals surface area contributed by atoms with Gasteiger partial charge >= 0.3 is 0 Å². The average molecular weight is 399 g/mol. The van der Waals surface area contributed by atoms with Gasteiger partial charge in [-0.25, -0.2) is 4.98 Å².